The second-order valence-electron chi connectivity index (χ2n) is 4.32. The summed E-state index contributed by atoms with van der Waals surface area (Å²) in [6.45, 7) is 3.95. The van der Waals surface area contributed by atoms with Gasteiger partial charge in [-0.1, -0.05) is 0 Å². The average molecular weight is 264 g/mol. The second-order valence-corrected chi connectivity index (χ2v) is 5.61. The minimum Gasteiger partial charge on any atom is -0.318 e. The summed E-state index contributed by atoms with van der Waals surface area (Å²) in [7, 11) is 1.80. The van der Waals surface area contributed by atoms with Crippen molar-refractivity contribution in [3.63, 3.8) is 0 Å². The van der Waals surface area contributed by atoms with Crippen molar-refractivity contribution in [2.75, 3.05) is 0 Å². The van der Waals surface area contributed by atoms with Gasteiger partial charge in [0.25, 0.3) is 0 Å². The highest BCUT2D eigenvalue weighted by atomic mass is 32.1. The number of hydrogen-bond acceptors (Lipinski definition) is 5. The normalized spacial score (nSPS) is 12.7. The molecule has 2 heterocycles. The summed E-state index contributed by atoms with van der Waals surface area (Å²) in [4.78, 5) is 17.5. The Labute approximate surface area is 110 Å². The number of nitrogens with two attached hydrogens (primary N) is 1. The van der Waals surface area contributed by atoms with E-state index in [-0.39, 0.29) is 12.2 Å². The molecule has 96 valence electrons. The van der Waals surface area contributed by atoms with Gasteiger partial charge in [-0.15, -0.1) is 11.3 Å². The molecule has 2 aromatic rings. The van der Waals surface area contributed by atoms with Gasteiger partial charge >= 0.3 is 0 Å². The van der Waals surface area contributed by atoms with E-state index >= 15 is 0 Å². The third-order valence-corrected chi connectivity index (χ3v) is 3.90. The maximum Gasteiger partial charge on any atom is 0.160 e. The van der Waals surface area contributed by atoms with Gasteiger partial charge in [-0.05, 0) is 13.8 Å². The molecule has 1 atom stereocenters. The molecule has 2 N–H and O–H groups in total. The largest absolute Gasteiger partial charge is 0.318 e. The van der Waals surface area contributed by atoms with E-state index in [0.717, 1.165) is 21.1 Å². The maximum atomic E-state index is 12.0. The minimum atomic E-state index is -0.622. The molecule has 0 amide bonds. The van der Waals surface area contributed by atoms with Crippen LogP contribution in [-0.2, 0) is 18.3 Å². The highest BCUT2D eigenvalue weighted by Gasteiger charge is 2.19. The van der Waals surface area contributed by atoms with Crippen LogP contribution < -0.4 is 5.73 Å². The van der Waals surface area contributed by atoms with Crippen LogP contribution in [0.5, 0.6) is 0 Å². The lowest BCUT2D eigenvalue weighted by Crippen LogP contribution is -2.22. The quantitative estimate of drug-likeness (QED) is 0.903. The number of carbonyl (C=O) groups excluding carboxylic acids is 1. The van der Waals surface area contributed by atoms with E-state index in [4.69, 9.17) is 5.73 Å². The molecule has 0 aliphatic rings. The fourth-order valence-electron chi connectivity index (χ4n) is 1.66. The van der Waals surface area contributed by atoms with Crippen molar-refractivity contribution in [1.82, 2.24) is 14.8 Å². The molecule has 0 radical (unpaired) electrons. The molecule has 0 aliphatic heterocycles. The van der Waals surface area contributed by atoms with E-state index in [2.05, 4.69) is 10.1 Å². The topological polar surface area (TPSA) is 73.8 Å². The van der Waals surface area contributed by atoms with E-state index in [1.165, 1.54) is 0 Å². The lowest BCUT2D eigenvalue weighted by Gasteiger charge is -2.06. The lowest BCUT2D eigenvalue weighted by atomic mass is 10.1. The molecule has 5 nitrogen and oxygen atoms in total. The van der Waals surface area contributed by atoms with Crippen molar-refractivity contribution >= 4 is 17.1 Å². The molecule has 2 aromatic heterocycles. The third-order valence-electron chi connectivity index (χ3n) is 2.83. The first-order chi connectivity index (χ1) is 8.47. The van der Waals surface area contributed by atoms with Gasteiger partial charge in [0, 0.05) is 23.7 Å². The van der Waals surface area contributed by atoms with Gasteiger partial charge in [0.15, 0.2) is 5.78 Å². The van der Waals surface area contributed by atoms with Crippen LogP contribution in [-0.4, -0.2) is 20.5 Å². The molecule has 0 saturated heterocycles. The van der Waals surface area contributed by atoms with E-state index in [1.807, 2.05) is 13.8 Å². The van der Waals surface area contributed by atoms with Gasteiger partial charge in [-0.25, -0.2) is 4.98 Å². The molecule has 0 saturated carbocycles. The van der Waals surface area contributed by atoms with Gasteiger partial charge in [0.2, 0.25) is 0 Å². The average Bonchev–Trinajstić information content (AvgIpc) is 2.85. The van der Waals surface area contributed by atoms with Crippen molar-refractivity contribution in [1.29, 1.82) is 0 Å². The second kappa shape index (κ2) is 4.99. The fourth-order valence-corrected chi connectivity index (χ4v) is 2.60. The number of carbonyl (C=O) groups is 1. The maximum absolute atomic E-state index is 12.0. The Balaban J connectivity index is 2.08. The molecule has 0 aliphatic carbocycles. The van der Waals surface area contributed by atoms with Crippen molar-refractivity contribution in [2.45, 2.75) is 26.3 Å². The summed E-state index contributed by atoms with van der Waals surface area (Å²) in [5.41, 5.74) is 7.65. The van der Waals surface area contributed by atoms with Crippen LogP contribution in [0.15, 0.2) is 12.4 Å². The van der Waals surface area contributed by atoms with Crippen LogP contribution in [0, 0.1) is 13.8 Å². The number of ketones is 1. The Kier molecular flexibility index (Phi) is 3.58. The SMILES string of the molecule is Cc1nc(CC(=O)C(N)c2cnn(C)c2)sc1C. The van der Waals surface area contributed by atoms with Gasteiger partial charge < -0.3 is 5.73 Å². The van der Waals surface area contributed by atoms with Crippen LogP contribution in [0.3, 0.4) is 0 Å². The predicted octanol–water partition coefficient (Wildman–Crippen LogP) is 1.31. The molecular weight excluding hydrogens is 248 g/mol. The summed E-state index contributed by atoms with van der Waals surface area (Å²) < 4.78 is 1.64. The number of Topliss-reactive ketones (excluding diaryl/α,β-unsaturated/α-hetero) is 1. The van der Waals surface area contributed by atoms with Crippen molar-refractivity contribution in [2.24, 2.45) is 12.8 Å². The van der Waals surface area contributed by atoms with Gasteiger partial charge in [-0.2, -0.15) is 5.10 Å². The molecule has 18 heavy (non-hydrogen) atoms. The van der Waals surface area contributed by atoms with Crippen LogP contribution >= 0.6 is 11.3 Å². The van der Waals surface area contributed by atoms with E-state index in [0.29, 0.717) is 0 Å². The summed E-state index contributed by atoms with van der Waals surface area (Å²) in [5, 5.41) is 4.84. The van der Waals surface area contributed by atoms with E-state index in [1.54, 1.807) is 35.5 Å². The first-order valence-corrected chi connectivity index (χ1v) is 6.48. The Morgan fingerprint density at radius 2 is 2.28 bits per heavy atom. The molecule has 0 bridgehead atoms. The molecule has 0 fully saturated rings. The predicted molar refractivity (Wildman–Crippen MR) is 70.4 cm³/mol. The Morgan fingerprint density at radius 3 is 2.78 bits per heavy atom. The lowest BCUT2D eigenvalue weighted by molar-refractivity contribution is -0.119. The molecule has 2 rings (SSSR count). The Bertz CT molecular complexity index is 553. The highest BCUT2D eigenvalue weighted by molar-refractivity contribution is 7.11. The monoisotopic (exact) mass is 264 g/mol. The Morgan fingerprint density at radius 1 is 1.56 bits per heavy atom. The Hall–Kier alpha value is -1.53. The fraction of sp³-hybridized carbons (Fsp3) is 0.417. The number of nitrogens with zero attached hydrogens (tertiary/aromatic N) is 3. The van der Waals surface area contributed by atoms with Crippen molar-refractivity contribution < 1.29 is 4.79 Å². The number of aryl methyl sites for hydroxylation is 3. The first-order valence-electron chi connectivity index (χ1n) is 5.67. The molecule has 1 unspecified atom stereocenters. The first kappa shape index (κ1) is 12.9. The van der Waals surface area contributed by atoms with Crippen molar-refractivity contribution in [3.8, 4) is 0 Å². The van der Waals surface area contributed by atoms with Crippen molar-refractivity contribution in [3.05, 3.63) is 33.5 Å². The molecule has 0 aromatic carbocycles. The van der Waals surface area contributed by atoms with Gasteiger partial charge in [0.05, 0.1) is 24.4 Å². The number of rotatable bonds is 4. The summed E-state index contributed by atoms with van der Waals surface area (Å²) in [6, 6.07) is -0.622. The minimum absolute atomic E-state index is 0.0308. The molecule has 0 spiro atoms. The summed E-state index contributed by atoms with van der Waals surface area (Å²) in [6.07, 6.45) is 3.68. The zero-order chi connectivity index (χ0) is 13.3. The summed E-state index contributed by atoms with van der Waals surface area (Å²) in [5.74, 6) is -0.0308. The number of hydrogen-bond donors (Lipinski definition) is 1. The zero-order valence-electron chi connectivity index (χ0n) is 10.7. The zero-order valence-corrected chi connectivity index (χ0v) is 11.5. The number of aromatic nitrogens is 3. The van der Waals surface area contributed by atoms with E-state index < -0.39 is 6.04 Å². The van der Waals surface area contributed by atoms with Crippen LogP contribution in [0.2, 0.25) is 0 Å². The molecule has 6 heteroatoms. The van der Waals surface area contributed by atoms with Crippen LogP contribution in [0.1, 0.15) is 27.2 Å². The van der Waals surface area contributed by atoms with Gasteiger partial charge in [0.1, 0.15) is 5.01 Å². The number of thiazole rings is 1. The molecular formula is C12H16N4OS. The highest BCUT2D eigenvalue weighted by Crippen LogP contribution is 2.19. The van der Waals surface area contributed by atoms with Crippen LogP contribution in [0.25, 0.3) is 0 Å². The van der Waals surface area contributed by atoms with Gasteiger partial charge in [-0.3, -0.25) is 9.48 Å². The standard InChI is InChI=1S/C12H16N4OS/c1-7-8(2)18-11(15-7)4-10(17)12(13)9-5-14-16(3)6-9/h5-6,12H,4,13H2,1-3H3. The third kappa shape index (κ3) is 2.65. The van der Waals surface area contributed by atoms with Crippen LogP contribution in [0.4, 0.5) is 0 Å². The smallest absolute Gasteiger partial charge is 0.160 e. The summed E-state index contributed by atoms with van der Waals surface area (Å²) >= 11 is 1.55. The van der Waals surface area contributed by atoms with E-state index in [9.17, 15) is 4.79 Å².